The molecule has 2 rings (SSSR count). The van der Waals surface area contributed by atoms with E-state index in [0.29, 0.717) is 0 Å². The fourth-order valence-electron chi connectivity index (χ4n) is 2.40. The molecule has 0 bridgehead atoms. The zero-order chi connectivity index (χ0) is 18.1. The highest BCUT2D eigenvalue weighted by molar-refractivity contribution is 5.64. The van der Waals surface area contributed by atoms with Crippen LogP contribution in [0.4, 0.5) is 9.18 Å². The van der Waals surface area contributed by atoms with E-state index in [2.05, 4.69) is 6.92 Å². The topological polar surface area (TPSA) is 77.8 Å². The van der Waals surface area contributed by atoms with E-state index in [4.69, 9.17) is 24.2 Å². The van der Waals surface area contributed by atoms with Crippen LogP contribution in [0.1, 0.15) is 44.6 Å². The number of hydrogen-bond donors (Lipinski definition) is 0. The fourth-order valence-corrected chi connectivity index (χ4v) is 2.40. The van der Waals surface area contributed by atoms with Crippen LogP contribution in [0.2, 0.25) is 0 Å². The summed E-state index contributed by atoms with van der Waals surface area (Å²) in [6.07, 6.45) is 3.57. The summed E-state index contributed by atoms with van der Waals surface area (Å²) in [4.78, 5) is 11.7. The van der Waals surface area contributed by atoms with Gasteiger partial charge < -0.3 is 18.9 Å². The van der Waals surface area contributed by atoms with Crippen molar-refractivity contribution in [2.75, 3.05) is 13.2 Å². The van der Waals surface area contributed by atoms with Crippen LogP contribution in [0.25, 0.3) is 0 Å². The van der Waals surface area contributed by atoms with Crippen molar-refractivity contribution in [1.29, 1.82) is 5.26 Å². The molecule has 1 aliphatic heterocycles. The van der Waals surface area contributed by atoms with E-state index >= 15 is 0 Å². The lowest BCUT2D eigenvalue weighted by atomic mass is 10.1. The number of carbonyl (C=O) groups is 1. The Morgan fingerprint density at radius 1 is 1.32 bits per heavy atom. The molecule has 0 radical (unpaired) electrons. The summed E-state index contributed by atoms with van der Waals surface area (Å²) >= 11 is 0. The van der Waals surface area contributed by atoms with Gasteiger partial charge in [-0.2, -0.15) is 5.26 Å². The first kappa shape index (κ1) is 19.2. The van der Waals surface area contributed by atoms with Gasteiger partial charge in [-0.25, -0.2) is 9.18 Å². The number of benzene rings is 1. The molecule has 0 unspecified atom stereocenters. The number of rotatable bonds is 7. The number of nitriles is 1. The molecule has 1 aliphatic rings. The molecular weight excluding hydrogens is 329 g/mol. The number of nitrogens with zero attached hydrogens (tertiary/aromatic N) is 1. The third-order valence-corrected chi connectivity index (χ3v) is 3.75. The molecule has 6 nitrogen and oxygen atoms in total. The Kier molecular flexibility index (Phi) is 7.64. The highest BCUT2D eigenvalue weighted by Gasteiger charge is 2.25. The van der Waals surface area contributed by atoms with E-state index < -0.39 is 18.1 Å². The lowest BCUT2D eigenvalue weighted by molar-refractivity contribution is -0.220. The van der Waals surface area contributed by atoms with Crippen LogP contribution in [0.5, 0.6) is 5.75 Å². The third kappa shape index (κ3) is 6.33. The predicted octanol–water partition coefficient (Wildman–Crippen LogP) is 3.92. The zero-order valence-electron chi connectivity index (χ0n) is 14.2. The summed E-state index contributed by atoms with van der Waals surface area (Å²) < 4.78 is 34.5. The molecule has 0 amide bonds. The van der Waals surface area contributed by atoms with Crippen molar-refractivity contribution in [1.82, 2.24) is 0 Å². The second-order valence-corrected chi connectivity index (χ2v) is 5.79. The minimum Gasteiger partial charge on any atom is -0.426 e. The molecule has 0 aliphatic carbocycles. The van der Waals surface area contributed by atoms with Gasteiger partial charge in [-0.1, -0.05) is 26.2 Å². The van der Waals surface area contributed by atoms with Crippen LogP contribution < -0.4 is 4.74 Å². The van der Waals surface area contributed by atoms with Gasteiger partial charge in [-0.15, -0.1) is 0 Å². The van der Waals surface area contributed by atoms with Gasteiger partial charge in [0.15, 0.2) is 12.4 Å². The van der Waals surface area contributed by atoms with E-state index in [1.54, 1.807) is 6.07 Å². The van der Waals surface area contributed by atoms with Crippen LogP contribution in [0, 0.1) is 17.1 Å². The first-order valence-electron chi connectivity index (χ1n) is 8.43. The van der Waals surface area contributed by atoms with Gasteiger partial charge in [-0.3, -0.25) is 0 Å². The van der Waals surface area contributed by atoms with Crippen molar-refractivity contribution in [2.24, 2.45) is 0 Å². The summed E-state index contributed by atoms with van der Waals surface area (Å²) in [6, 6.07) is 5.20. The number of carbonyl (C=O) groups excluding carboxylic acids is 1. The van der Waals surface area contributed by atoms with Crippen molar-refractivity contribution >= 4 is 6.16 Å². The van der Waals surface area contributed by atoms with E-state index in [9.17, 15) is 9.18 Å². The molecule has 1 heterocycles. The first-order valence-corrected chi connectivity index (χ1v) is 8.43. The fraction of sp³-hybridized carbons (Fsp3) is 0.556. The molecule has 25 heavy (non-hydrogen) atoms. The monoisotopic (exact) mass is 351 g/mol. The molecule has 0 N–H and O–H groups in total. The lowest BCUT2D eigenvalue weighted by Gasteiger charge is -2.28. The summed E-state index contributed by atoms with van der Waals surface area (Å²) in [5, 5.41) is 8.66. The molecular formula is C18H22FNO5. The van der Waals surface area contributed by atoms with Crippen molar-refractivity contribution < 1.29 is 28.1 Å². The van der Waals surface area contributed by atoms with Crippen LogP contribution >= 0.6 is 0 Å². The molecule has 1 saturated heterocycles. The largest absolute Gasteiger partial charge is 0.514 e. The maximum Gasteiger partial charge on any atom is 0.514 e. The van der Waals surface area contributed by atoms with Gasteiger partial charge in [-0.05, 0) is 25.0 Å². The number of halogens is 1. The van der Waals surface area contributed by atoms with Crippen molar-refractivity contribution in [3.8, 4) is 11.8 Å². The molecule has 0 aromatic heterocycles. The highest BCUT2D eigenvalue weighted by Crippen LogP contribution is 2.18. The Labute approximate surface area is 146 Å². The number of hydrogen-bond acceptors (Lipinski definition) is 6. The normalized spacial score (nSPS) is 19.9. The summed E-state index contributed by atoms with van der Waals surface area (Å²) in [7, 11) is 0. The van der Waals surface area contributed by atoms with Crippen LogP contribution in [-0.4, -0.2) is 31.8 Å². The smallest absolute Gasteiger partial charge is 0.426 e. The Balaban J connectivity index is 1.70. The average molecular weight is 351 g/mol. The van der Waals surface area contributed by atoms with Crippen LogP contribution in [0.15, 0.2) is 18.2 Å². The molecule has 0 atom stereocenters. The Morgan fingerprint density at radius 3 is 2.72 bits per heavy atom. The van der Waals surface area contributed by atoms with Gasteiger partial charge in [0, 0.05) is 6.07 Å². The van der Waals surface area contributed by atoms with E-state index in [0.717, 1.165) is 25.3 Å². The van der Waals surface area contributed by atoms with Crippen molar-refractivity contribution in [3.63, 3.8) is 0 Å². The summed E-state index contributed by atoms with van der Waals surface area (Å²) in [5.41, 5.74) is -0.125. The van der Waals surface area contributed by atoms with E-state index in [-0.39, 0.29) is 30.8 Å². The molecule has 0 saturated carbocycles. The molecule has 136 valence electrons. The molecule has 7 heteroatoms. The number of ether oxygens (including phenoxy) is 4. The van der Waals surface area contributed by atoms with Gasteiger partial charge in [0.05, 0.1) is 18.8 Å². The zero-order valence-corrected chi connectivity index (χ0v) is 14.2. The minimum atomic E-state index is -0.970. The summed E-state index contributed by atoms with van der Waals surface area (Å²) in [5.74, 6) is -0.795. The minimum absolute atomic E-state index is 0.0343. The maximum absolute atomic E-state index is 13.5. The van der Waals surface area contributed by atoms with E-state index in [1.807, 2.05) is 0 Å². The van der Waals surface area contributed by atoms with Gasteiger partial charge in [0.1, 0.15) is 17.6 Å². The molecule has 1 fully saturated rings. The lowest BCUT2D eigenvalue weighted by Crippen LogP contribution is -2.39. The predicted molar refractivity (Wildman–Crippen MR) is 86.5 cm³/mol. The number of unbranched alkanes of at least 4 members (excludes halogenated alkanes) is 3. The standard InChI is InChI=1S/C18H22FNO5/c1-2-3-4-5-6-17-22-11-15(12-23-17)25-18(21)24-14-8-7-13(10-20)16(19)9-14/h7-9,15,17H,2-6,11-12H2,1H3. The van der Waals surface area contributed by atoms with Gasteiger partial charge in [0.2, 0.25) is 0 Å². The molecule has 1 aromatic rings. The second-order valence-electron chi connectivity index (χ2n) is 5.79. The second kappa shape index (κ2) is 9.97. The van der Waals surface area contributed by atoms with Crippen LogP contribution in [-0.2, 0) is 14.2 Å². The Morgan fingerprint density at radius 2 is 2.08 bits per heavy atom. The molecule has 0 spiro atoms. The molecule has 1 aromatic carbocycles. The van der Waals surface area contributed by atoms with Gasteiger partial charge in [0.25, 0.3) is 0 Å². The Hall–Kier alpha value is -2.17. The third-order valence-electron chi connectivity index (χ3n) is 3.75. The maximum atomic E-state index is 13.5. The van der Waals surface area contributed by atoms with Crippen molar-refractivity contribution in [2.45, 2.75) is 51.4 Å². The first-order chi connectivity index (χ1) is 12.1. The highest BCUT2D eigenvalue weighted by atomic mass is 19.1. The average Bonchev–Trinajstić information content (AvgIpc) is 2.60. The van der Waals surface area contributed by atoms with E-state index in [1.165, 1.54) is 25.0 Å². The Bertz CT molecular complexity index is 608. The van der Waals surface area contributed by atoms with Crippen molar-refractivity contribution in [3.05, 3.63) is 29.6 Å². The quantitative estimate of drug-likeness (QED) is 0.421. The van der Waals surface area contributed by atoms with Crippen LogP contribution in [0.3, 0.4) is 0 Å². The van der Waals surface area contributed by atoms with Gasteiger partial charge >= 0.3 is 6.16 Å². The SMILES string of the molecule is CCCCCCC1OCC(OC(=O)Oc2ccc(C#N)c(F)c2)CO1. The summed E-state index contributed by atoms with van der Waals surface area (Å²) in [6.45, 7) is 2.62.